The van der Waals surface area contributed by atoms with Crippen molar-refractivity contribution in [2.24, 2.45) is 0 Å². The van der Waals surface area contributed by atoms with Crippen LogP contribution >= 0.6 is 15.9 Å². The van der Waals surface area contributed by atoms with Crippen molar-refractivity contribution in [3.63, 3.8) is 0 Å². The van der Waals surface area contributed by atoms with Gasteiger partial charge in [-0.3, -0.25) is 0 Å². The summed E-state index contributed by atoms with van der Waals surface area (Å²) in [7, 11) is 0. The zero-order chi connectivity index (χ0) is 15.3. The lowest BCUT2D eigenvalue weighted by Gasteiger charge is -2.33. The first kappa shape index (κ1) is 16.5. The molecule has 5 nitrogen and oxygen atoms in total. The zero-order valence-corrected chi connectivity index (χ0v) is 14.4. The van der Waals surface area contributed by atoms with Crippen LogP contribution in [0.1, 0.15) is 52.4 Å². The first-order chi connectivity index (χ1) is 10.00. The van der Waals surface area contributed by atoms with Crippen molar-refractivity contribution >= 4 is 27.7 Å². The second kappa shape index (κ2) is 7.40. The number of anilines is 2. The van der Waals surface area contributed by atoms with E-state index in [9.17, 15) is 5.11 Å². The molecule has 0 saturated heterocycles. The molecule has 118 valence electrons. The Morgan fingerprint density at radius 1 is 1.43 bits per heavy atom. The molecule has 1 aliphatic carbocycles. The van der Waals surface area contributed by atoms with Crippen LogP contribution in [0.15, 0.2) is 10.7 Å². The van der Waals surface area contributed by atoms with Gasteiger partial charge in [0.05, 0.1) is 10.1 Å². The molecule has 1 aliphatic rings. The molecule has 0 spiro atoms. The van der Waals surface area contributed by atoms with Gasteiger partial charge in [-0.25, -0.2) is 4.98 Å². The van der Waals surface area contributed by atoms with Gasteiger partial charge >= 0.3 is 0 Å². The smallest absolute Gasteiger partial charge is 0.224 e. The van der Waals surface area contributed by atoms with E-state index in [1.54, 1.807) is 6.20 Å². The molecular formula is C15H25BrN4O. The highest BCUT2D eigenvalue weighted by atomic mass is 79.9. The Labute approximate surface area is 135 Å². The molecule has 1 aromatic rings. The van der Waals surface area contributed by atoms with Crippen LogP contribution in [0, 0.1) is 0 Å². The molecule has 2 rings (SSSR count). The van der Waals surface area contributed by atoms with E-state index in [0.29, 0.717) is 12.0 Å². The summed E-state index contributed by atoms with van der Waals surface area (Å²) in [5.41, 5.74) is -0.506. The highest BCUT2D eigenvalue weighted by molar-refractivity contribution is 9.10. The second-order valence-electron chi connectivity index (χ2n) is 6.09. The highest BCUT2D eigenvalue weighted by Gasteiger charge is 2.28. The van der Waals surface area contributed by atoms with Crippen LogP contribution in [-0.4, -0.2) is 33.3 Å². The molecule has 21 heavy (non-hydrogen) atoms. The van der Waals surface area contributed by atoms with Gasteiger partial charge in [0.2, 0.25) is 5.95 Å². The Kier molecular flexibility index (Phi) is 5.81. The first-order valence-electron chi connectivity index (χ1n) is 7.75. The van der Waals surface area contributed by atoms with E-state index >= 15 is 0 Å². The van der Waals surface area contributed by atoms with Gasteiger partial charge < -0.3 is 15.7 Å². The molecule has 1 aromatic heterocycles. The van der Waals surface area contributed by atoms with E-state index in [2.05, 4.69) is 43.5 Å². The molecule has 1 saturated carbocycles. The lowest BCUT2D eigenvalue weighted by Crippen LogP contribution is -2.36. The average Bonchev–Trinajstić information content (AvgIpc) is 2.45. The van der Waals surface area contributed by atoms with E-state index in [4.69, 9.17) is 0 Å². The van der Waals surface area contributed by atoms with Crippen molar-refractivity contribution in [1.82, 2.24) is 9.97 Å². The molecular weight excluding hydrogens is 332 g/mol. The van der Waals surface area contributed by atoms with Crippen molar-refractivity contribution in [2.75, 3.05) is 17.2 Å². The third-order valence-electron chi connectivity index (χ3n) is 3.96. The number of aromatic nitrogens is 2. The molecule has 0 radical (unpaired) electrons. The third-order valence-corrected chi connectivity index (χ3v) is 4.54. The maximum atomic E-state index is 10.0. The quantitative estimate of drug-likeness (QED) is 0.679. The summed E-state index contributed by atoms with van der Waals surface area (Å²) in [6.45, 7) is 4.97. The van der Waals surface area contributed by atoms with Crippen molar-refractivity contribution in [1.29, 1.82) is 0 Å². The van der Waals surface area contributed by atoms with Crippen LogP contribution in [0.5, 0.6) is 0 Å². The van der Waals surface area contributed by atoms with E-state index in [1.807, 2.05) is 6.92 Å². The molecule has 0 atom stereocenters. The van der Waals surface area contributed by atoms with Gasteiger partial charge in [0.1, 0.15) is 5.82 Å². The van der Waals surface area contributed by atoms with Crippen LogP contribution in [0.4, 0.5) is 11.8 Å². The predicted octanol–water partition coefficient (Wildman–Crippen LogP) is 3.56. The standard InChI is InChI=1S/C15H25BrN4O/c1-3-4-9-17-14-18-10-12(16)13(20-14)19-11-5-7-15(2,21)8-6-11/h10-11,21H,3-9H2,1-2H3,(H2,17,18,19,20)/t11-,15-. The zero-order valence-electron chi connectivity index (χ0n) is 12.8. The fraction of sp³-hybridized carbons (Fsp3) is 0.733. The van der Waals surface area contributed by atoms with Gasteiger partial charge in [-0.2, -0.15) is 4.98 Å². The van der Waals surface area contributed by atoms with Crippen LogP contribution in [0.25, 0.3) is 0 Å². The molecule has 0 amide bonds. The number of unbranched alkanes of at least 4 members (excludes halogenated alkanes) is 1. The molecule has 6 heteroatoms. The molecule has 0 bridgehead atoms. The van der Waals surface area contributed by atoms with Crippen molar-refractivity contribution in [3.8, 4) is 0 Å². The van der Waals surface area contributed by atoms with Gasteiger partial charge in [0.15, 0.2) is 0 Å². The molecule has 0 aliphatic heterocycles. The number of nitrogens with zero attached hydrogens (tertiary/aromatic N) is 2. The lowest BCUT2D eigenvalue weighted by atomic mass is 9.84. The Balaban J connectivity index is 1.94. The summed E-state index contributed by atoms with van der Waals surface area (Å²) >= 11 is 3.50. The average molecular weight is 357 g/mol. The monoisotopic (exact) mass is 356 g/mol. The first-order valence-corrected chi connectivity index (χ1v) is 8.55. The van der Waals surface area contributed by atoms with Crippen LogP contribution in [-0.2, 0) is 0 Å². The van der Waals surface area contributed by atoms with Crippen LogP contribution in [0.3, 0.4) is 0 Å². The van der Waals surface area contributed by atoms with Gasteiger partial charge in [-0.05, 0) is 55.0 Å². The summed E-state index contributed by atoms with van der Waals surface area (Å²) in [5, 5.41) is 16.7. The molecule has 1 heterocycles. The molecule has 0 unspecified atom stereocenters. The van der Waals surface area contributed by atoms with Gasteiger partial charge in [-0.15, -0.1) is 0 Å². The maximum absolute atomic E-state index is 10.0. The Morgan fingerprint density at radius 2 is 2.14 bits per heavy atom. The predicted molar refractivity (Wildman–Crippen MR) is 89.6 cm³/mol. The van der Waals surface area contributed by atoms with Crippen LogP contribution < -0.4 is 10.6 Å². The number of hydrogen-bond donors (Lipinski definition) is 3. The summed E-state index contributed by atoms with van der Waals surface area (Å²) in [5.74, 6) is 1.49. The Morgan fingerprint density at radius 3 is 2.81 bits per heavy atom. The fourth-order valence-electron chi connectivity index (χ4n) is 2.51. The van der Waals surface area contributed by atoms with E-state index in [1.165, 1.54) is 0 Å². The number of halogens is 1. The van der Waals surface area contributed by atoms with Gasteiger partial charge in [0.25, 0.3) is 0 Å². The second-order valence-corrected chi connectivity index (χ2v) is 6.94. The fourth-order valence-corrected chi connectivity index (χ4v) is 2.81. The minimum Gasteiger partial charge on any atom is -0.390 e. The van der Waals surface area contributed by atoms with Crippen molar-refractivity contribution in [2.45, 2.75) is 64.0 Å². The number of hydrogen-bond acceptors (Lipinski definition) is 5. The van der Waals surface area contributed by atoms with Gasteiger partial charge in [0, 0.05) is 18.8 Å². The van der Waals surface area contributed by atoms with Crippen LogP contribution in [0.2, 0.25) is 0 Å². The summed E-state index contributed by atoms with van der Waals surface area (Å²) in [4.78, 5) is 8.81. The van der Waals surface area contributed by atoms with Crippen molar-refractivity contribution in [3.05, 3.63) is 10.7 Å². The van der Waals surface area contributed by atoms with Crippen molar-refractivity contribution < 1.29 is 5.11 Å². The minimum atomic E-state index is -0.506. The maximum Gasteiger partial charge on any atom is 0.224 e. The third kappa shape index (κ3) is 5.11. The SMILES string of the molecule is CCCCNc1ncc(Br)c(N[C@H]2CC[C@](C)(O)CC2)n1. The Bertz CT molecular complexity index is 457. The van der Waals surface area contributed by atoms with Gasteiger partial charge in [-0.1, -0.05) is 13.3 Å². The van der Waals surface area contributed by atoms with E-state index in [0.717, 1.165) is 55.4 Å². The Hall–Kier alpha value is -0.880. The molecule has 3 N–H and O–H groups in total. The van der Waals surface area contributed by atoms with E-state index in [-0.39, 0.29) is 0 Å². The largest absolute Gasteiger partial charge is 0.390 e. The highest BCUT2D eigenvalue weighted by Crippen LogP contribution is 2.30. The molecule has 0 aromatic carbocycles. The lowest BCUT2D eigenvalue weighted by molar-refractivity contribution is 0.0196. The summed E-state index contributed by atoms with van der Waals surface area (Å²) < 4.78 is 0.876. The normalized spacial score (nSPS) is 25.6. The molecule has 1 fully saturated rings. The van der Waals surface area contributed by atoms with E-state index < -0.39 is 5.60 Å². The minimum absolute atomic E-state index is 0.361. The summed E-state index contributed by atoms with van der Waals surface area (Å²) in [6.07, 6.45) is 7.62. The number of rotatable bonds is 6. The number of aliphatic hydroxyl groups is 1. The number of nitrogens with one attached hydrogen (secondary N) is 2. The topological polar surface area (TPSA) is 70.1 Å². The summed E-state index contributed by atoms with van der Waals surface area (Å²) in [6, 6.07) is 0.361.